The van der Waals surface area contributed by atoms with Gasteiger partial charge in [-0.1, -0.05) is 22.0 Å². The number of hydrogen-bond acceptors (Lipinski definition) is 3. The first-order valence-electron chi connectivity index (χ1n) is 6.62. The second-order valence-corrected chi connectivity index (χ2v) is 5.60. The van der Waals surface area contributed by atoms with E-state index in [2.05, 4.69) is 26.9 Å². The van der Waals surface area contributed by atoms with Crippen molar-refractivity contribution in [1.82, 2.24) is 0 Å². The molecule has 0 bridgehead atoms. The third-order valence-corrected chi connectivity index (χ3v) is 4.02. The van der Waals surface area contributed by atoms with Crippen LogP contribution >= 0.6 is 15.9 Å². The smallest absolute Gasteiger partial charge is 0.101 e. The van der Waals surface area contributed by atoms with Gasteiger partial charge in [0.25, 0.3) is 0 Å². The molecular formula is C15H19BrN2O. The Kier molecular flexibility index (Phi) is 5.24. The minimum Gasteiger partial charge on any atom is -0.379 e. The Labute approximate surface area is 123 Å². The van der Waals surface area contributed by atoms with Crippen LogP contribution in [0.1, 0.15) is 24.0 Å². The summed E-state index contributed by atoms with van der Waals surface area (Å²) < 4.78 is 5.64. The van der Waals surface area contributed by atoms with Gasteiger partial charge >= 0.3 is 0 Å². The van der Waals surface area contributed by atoms with Crippen LogP contribution in [0, 0.1) is 17.2 Å². The summed E-state index contributed by atoms with van der Waals surface area (Å²) in [5, 5.41) is 9.99. The molecule has 1 aromatic rings. The molecular weight excluding hydrogens is 304 g/mol. The molecule has 3 nitrogen and oxygen atoms in total. The summed E-state index contributed by atoms with van der Waals surface area (Å²) in [7, 11) is 2.00. The molecule has 0 radical (unpaired) electrons. The number of rotatable bonds is 7. The van der Waals surface area contributed by atoms with Crippen LogP contribution in [-0.2, 0) is 10.1 Å². The molecule has 1 saturated carbocycles. The number of hydrogen-bond donors (Lipinski definition) is 0. The minimum absolute atomic E-state index is 0.720. The van der Waals surface area contributed by atoms with E-state index in [0.29, 0.717) is 0 Å². The SMILES string of the molecule is CN(CCOCC1CC1)c1ccc(CBr)cc1C#N. The number of halogens is 1. The molecule has 2 rings (SSSR count). The Balaban J connectivity index is 1.89. The van der Waals surface area contributed by atoms with Crippen molar-refractivity contribution in [3.63, 3.8) is 0 Å². The number of likely N-dealkylation sites (N-methyl/N-ethyl adjacent to an activating group) is 1. The van der Waals surface area contributed by atoms with Gasteiger partial charge in [0.15, 0.2) is 0 Å². The highest BCUT2D eigenvalue weighted by Crippen LogP contribution is 2.28. The zero-order chi connectivity index (χ0) is 13.7. The number of nitriles is 1. The standard InChI is InChI=1S/C15H19BrN2O/c1-18(6-7-19-11-12-2-3-12)15-5-4-13(9-16)8-14(15)10-17/h4-5,8,12H,2-3,6-7,9,11H2,1H3. The number of anilines is 1. The van der Waals surface area contributed by atoms with Crippen LogP contribution in [0.5, 0.6) is 0 Å². The Hall–Kier alpha value is -1.05. The van der Waals surface area contributed by atoms with Crippen LogP contribution < -0.4 is 4.90 Å². The Morgan fingerprint density at radius 1 is 1.47 bits per heavy atom. The van der Waals surface area contributed by atoms with Gasteiger partial charge in [-0.2, -0.15) is 5.26 Å². The fourth-order valence-electron chi connectivity index (χ4n) is 1.95. The summed E-state index contributed by atoms with van der Waals surface area (Å²) in [6.45, 7) is 2.43. The van der Waals surface area contributed by atoms with Crippen molar-refractivity contribution in [3.8, 4) is 6.07 Å². The van der Waals surface area contributed by atoms with Crippen LogP contribution in [0.4, 0.5) is 5.69 Å². The van der Waals surface area contributed by atoms with Crippen molar-refractivity contribution in [2.24, 2.45) is 5.92 Å². The molecule has 0 spiro atoms. The molecule has 0 heterocycles. The van der Waals surface area contributed by atoms with Crippen LogP contribution in [0.3, 0.4) is 0 Å². The predicted molar refractivity (Wildman–Crippen MR) is 80.6 cm³/mol. The van der Waals surface area contributed by atoms with Crippen LogP contribution in [-0.4, -0.2) is 26.8 Å². The number of nitrogens with zero attached hydrogens (tertiary/aromatic N) is 2. The molecule has 1 fully saturated rings. The molecule has 1 aliphatic carbocycles. The molecule has 102 valence electrons. The molecule has 0 saturated heterocycles. The third-order valence-electron chi connectivity index (χ3n) is 3.37. The van der Waals surface area contributed by atoms with Gasteiger partial charge in [-0.25, -0.2) is 0 Å². The number of benzene rings is 1. The van der Waals surface area contributed by atoms with Gasteiger partial charge in [0.05, 0.1) is 17.9 Å². The Morgan fingerprint density at radius 2 is 2.26 bits per heavy atom. The van der Waals surface area contributed by atoms with Gasteiger partial charge in [-0.3, -0.25) is 0 Å². The predicted octanol–water partition coefficient (Wildman–Crippen LogP) is 3.32. The number of alkyl halides is 1. The normalized spacial score (nSPS) is 14.2. The van der Waals surface area contributed by atoms with Crippen molar-refractivity contribution in [2.75, 3.05) is 31.7 Å². The summed E-state index contributed by atoms with van der Waals surface area (Å²) in [6, 6.07) is 8.26. The summed E-state index contributed by atoms with van der Waals surface area (Å²) in [5.41, 5.74) is 2.82. The van der Waals surface area contributed by atoms with Gasteiger partial charge in [-0.05, 0) is 36.5 Å². The highest BCUT2D eigenvalue weighted by molar-refractivity contribution is 9.08. The van der Waals surface area contributed by atoms with E-state index in [0.717, 1.165) is 47.8 Å². The van der Waals surface area contributed by atoms with Gasteiger partial charge in [0.2, 0.25) is 0 Å². The lowest BCUT2D eigenvalue weighted by Gasteiger charge is -2.20. The van der Waals surface area contributed by atoms with Crippen LogP contribution in [0.2, 0.25) is 0 Å². The van der Waals surface area contributed by atoms with Crippen molar-refractivity contribution < 1.29 is 4.74 Å². The van der Waals surface area contributed by atoms with Crippen molar-refractivity contribution in [2.45, 2.75) is 18.2 Å². The molecule has 19 heavy (non-hydrogen) atoms. The van der Waals surface area contributed by atoms with E-state index in [1.54, 1.807) is 0 Å². The molecule has 0 atom stereocenters. The van der Waals surface area contributed by atoms with Crippen molar-refractivity contribution >= 4 is 21.6 Å². The molecule has 0 aliphatic heterocycles. The second kappa shape index (κ2) is 6.93. The lowest BCUT2D eigenvalue weighted by atomic mass is 10.1. The average Bonchev–Trinajstić information content (AvgIpc) is 3.26. The lowest BCUT2D eigenvalue weighted by Crippen LogP contribution is -2.23. The summed E-state index contributed by atoms with van der Waals surface area (Å²) in [6.07, 6.45) is 2.64. The van der Waals surface area contributed by atoms with E-state index in [-0.39, 0.29) is 0 Å². The second-order valence-electron chi connectivity index (χ2n) is 5.04. The lowest BCUT2D eigenvalue weighted by molar-refractivity contribution is 0.131. The van der Waals surface area contributed by atoms with E-state index in [1.807, 2.05) is 25.2 Å². The fourth-order valence-corrected chi connectivity index (χ4v) is 2.29. The summed E-state index contributed by atoms with van der Waals surface area (Å²) in [4.78, 5) is 2.09. The zero-order valence-corrected chi connectivity index (χ0v) is 12.8. The van der Waals surface area contributed by atoms with Crippen molar-refractivity contribution in [3.05, 3.63) is 29.3 Å². The molecule has 0 N–H and O–H groups in total. The highest BCUT2D eigenvalue weighted by atomic mass is 79.9. The van der Waals surface area contributed by atoms with E-state index < -0.39 is 0 Å². The highest BCUT2D eigenvalue weighted by Gasteiger charge is 2.21. The van der Waals surface area contributed by atoms with Gasteiger partial charge < -0.3 is 9.64 Å². The summed E-state index contributed by atoms with van der Waals surface area (Å²) in [5.74, 6) is 0.804. The minimum atomic E-state index is 0.720. The fraction of sp³-hybridized carbons (Fsp3) is 0.533. The van der Waals surface area contributed by atoms with Crippen LogP contribution in [0.15, 0.2) is 18.2 Å². The van der Waals surface area contributed by atoms with E-state index in [1.165, 1.54) is 12.8 Å². The molecule has 1 aliphatic rings. The Morgan fingerprint density at radius 3 is 2.89 bits per heavy atom. The quantitative estimate of drug-likeness (QED) is 0.570. The maximum absolute atomic E-state index is 9.22. The topological polar surface area (TPSA) is 36.3 Å². The third kappa shape index (κ3) is 4.22. The Bertz CT molecular complexity index is 466. The maximum atomic E-state index is 9.22. The average molecular weight is 323 g/mol. The van der Waals surface area contributed by atoms with Gasteiger partial charge in [-0.15, -0.1) is 0 Å². The largest absolute Gasteiger partial charge is 0.379 e. The van der Waals surface area contributed by atoms with Gasteiger partial charge in [0.1, 0.15) is 6.07 Å². The monoisotopic (exact) mass is 322 g/mol. The molecule has 1 aromatic carbocycles. The van der Waals surface area contributed by atoms with Crippen molar-refractivity contribution in [1.29, 1.82) is 5.26 Å². The first-order chi connectivity index (χ1) is 9.24. The van der Waals surface area contributed by atoms with Gasteiger partial charge in [0, 0.05) is 25.5 Å². The molecule has 4 heteroatoms. The van der Waals surface area contributed by atoms with E-state index in [9.17, 15) is 5.26 Å². The zero-order valence-electron chi connectivity index (χ0n) is 11.2. The van der Waals surface area contributed by atoms with Crippen LogP contribution in [0.25, 0.3) is 0 Å². The molecule has 0 unspecified atom stereocenters. The molecule has 0 amide bonds. The van der Waals surface area contributed by atoms with E-state index in [4.69, 9.17) is 4.74 Å². The summed E-state index contributed by atoms with van der Waals surface area (Å²) >= 11 is 3.41. The first kappa shape index (κ1) is 14.4. The maximum Gasteiger partial charge on any atom is 0.101 e. The first-order valence-corrected chi connectivity index (χ1v) is 7.74. The van der Waals surface area contributed by atoms with E-state index >= 15 is 0 Å². The number of ether oxygens (including phenoxy) is 1. The molecule has 0 aromatic heterocycles.